The first-order valence-corrected chi connectivity index (χ1v) is 9.70. The van der Waals surface area contributed by atoms with Crippen LogP contribution in [0.4, 0.5) is 0 Å². The highest BCUT2D eigenvalue weighted by Gasteiger charge is 2.24. The Morgan fingerprint density at radius 1 is 1.21 bits per heavy atom. The van der Waals surface area contributed by atoms with Crippen LogP contribution in [0.2, 0.25) is 0 Å². The van der Waals surface area contributed by atoms with Gasteiger partial charge in [-0.2, -0.15) is 0 Å². The van der Waals surface area contributed by atoms with Crippen molar-refractivity contribution in [1.82, 2.24) is 15.2 Å². The molecule has 2 amide bonds. The molecule has 1 aliphatic rings. The van der Waals surface area contributed by atoms with Crippen molar-refractivity contribution in [3.8, 4) is 5.75 Å². The summed E-state index contributed by atoms with van der Waals surface area (Å²) in [6.45, 7) is 1.93. The second-order valence-electron chi connectivity index (χ2n) is 7.17. The lowest BCUT2D eigenvalue weighted by atomic mass is 9.96. The molecule has 0 radical (unpaired) electrons. The van der Waals surface area contributed by atoms with Gasteiger partial charge in [-0.1, -0.05) is 12.1 Å². The lowest BCUT2D eigenvalue weighted by Crippen LogP contribution is -2.41. The zero-order valence-electron chi connectivity index (χ0n) is 16.3. The van der Waals surface area contributed by atoms with Crippen molar-refractivity contribution in [2.45, 2.75) is 12.8 Å². The molecule has 1 aliphatic heterocycles. The first-order chi connectivity index (χ1) is 14.2. The van der Waals surface area contributed by atoms with E-state index in [4.69, 9.17) is 9.15 Å². The fourth-order valence-corrected chi connectivity index (χ4v) is 3.65. The van der Waals surface area contributed by atoms with Gasteiger partial charge in [0, 0.05) is 43.0 Å². The first kappa shape index (κ1) is 19.0. The van der Waals surface area contributed by atoms with Crippen molar-refractivity contribution in [3.63, 3.8) is 0 Å². The maximum atomic E-state index is 12.5. The summed E-state index contributed by atoms with van der Waals surface area (Å²) < 4.78 is 11.0. The Bertz CT molecular complexity index is 1010. The van der Waals surface area contributed by atoms with Crippen LogP contribution in [0.3, 0.4) is 0 Å². The molecule has 4 rings (SSSR count). The largest absolute Gasteiger partial charge is 0.493 e. The summed E-state index contributed by atoms with van der Waals surface area (Å²) in [4.78, 5) is 30.8. The molecule has 0 bridgehead atoms. The average Bonchev–Trinajstić information content (AvgIpc) is 3.22. The molecule has 0 saturated carbocycles. The number of aromatic nitrogens is 1. The fourth-order valence-electron chi connectivity index (χ4n) is 3.65. The Morgan fingerprint density at radius 2 is 1.97 bits per heavy atom. The number of carbonyl (C=O) groups excluding carboxylic acids is 2. The highest BCUT2D eigenvalue weighted by atomic mass is 16.5. The van der Waals surface area contributed by atoms with Gasteiger partial charge < -0.3 is 19.4 Å². The molecule has 1 aromatic carbocycles. The van der Waals surface area contributed by atoms with Crippen molar-refractivity contribution in [1.29, 1.82) is 0 Å². The number of methoxy groups -OCH3 is 1. The number of fused-ring (bicyclic) bond motifs is 1. The molecule has 0 aliphatic carbocycles. The minimum absolute atomic E-state index is 0.0334. The van der Waals surface area contributed by atoms with Gasteiger partial charge in [-0.3, -0.25) is 14.6 Å². The van der Waals surface area contributed by atoms with E-state index in [9.17, 15) is 9.59 Å². The number of amides is 2. The summed E-state index contributed by atoms with van der Waals surface area (Å²) in [7, 11) is 1.57. The zero-order chi connectivity index (χ0) is 20.2. The number of nitrogens with one attached hydrogen (secondary N) is 1. The molecule has 2 aromatic heterocycles. The van der Waals surface area contributed by atoms with Crippen LogP contribution in [0.5, 0.6) is 5.75 Å². The Hall–Kier alpha value is -3.35. The van der Waals surface area contributed by atoms with Crippen LogP contribution >= 0.6 is 0 Å². The molecule has 7 nitrogen and oxygen atoms in total. The molecule has 29 heavy (non-hydrogen) atoms. The van der Waals surface area contributed by atoms with Gasteiger partial charge in [0.25, 0.3) is 11.8 Å². The summed E-state index contributed by atoms with van der Waals surface area (Å²) in [6.07, 6.45) is 4.96. The van der Waals surface area contributed by atoms with Crippen molar-refractivity contribution >= 4 is 22.8 Å². The molecular formula is C22H23N3O4. The molecule has 0 unspecified atom stereocenters. The highest BCUT2D eigenvalue weighted by Crippen LogP contribution is 2.28. The highest BCUT2D eigenvalue weighted by molar-refractivity contribution is 5.97. The van der Waals surface area contributed by atoms with Crippen molar-refractivity contribution < 1.29 is 18.7 Å². The third-order valence-corrected chi connectivity index (χ3v) is 5.33. The lowest BCUT2D eigenvalue weighted by molar-refractivity contribution is 0.0683. The SMILES string of the molecule is COc1cccc2cc(C(=O)NCC3CCN(C(=O)c4ccncc4)CC3)oc12. The number of nitrogens with zero attached hydrogens (tertiary/aromatic N) is 2. The quantitative estimate of drug-likeness (QED) is 0.720. The van der Waals surface area contributed by atoms with Crippen LogP contribution in [-0.4, -0.2) is 48.4 Å². The van der Waals surface area contributed by atoms with E-state index in [0.29, 0.717) is 42.4 Å². The van der Waals surface area contributed by atoms with E-state index >= 15 is 0 Å². The van der Waals surface area contributed by atoms with Gasteiger partial charge >= 0.3 is 0 Å². The minimum Gasteiger partial charge on any atom is -0.493 e. The van der Waals surface area contributed by atoms with Gasteiger partial charge in [0.15, 0.2) is 17.1 Å². The van der Waals surface area contributed by atoms with E-state index in [1.54, 1.807) is 43.8 Å². The Kier molecular flexibility index (Phi) is 5.46. The van der Waals surface area contributed by atoms with Gasteiger partial charge in [0.2, 0.25) is 0 Å². The number of hydrogen-bond acceptors (Lipinski definition) is 5. The number of benzene rings is 1. The van der Waals surface area contributed by atoms with E-state index in [-0.39, 0.29) is 17.6 Å². The van der Waals surface area contributed by atoms with Crippen LogP contribution in [0.1, 0.15) is 33.8 Å². The van der Waals surface area contributed by atoms with E-state index in [2.05, 4.69) is 10.3 Å². The number of carbonyl (C=O) groups is 2. The maximum Gasteiger partial charge on any atom is 0.287 e. The van der Waals surface area contributed by atoms with Crippen LogP contribution in [-0.2, 0) is 0 Å². The summed E-state index contributed by atoms with van der Waals surface area (Å²) in [5.41, 5.74) is 1.23. The third kappa shape index (κ3) is 4.08. The monoisotopic (exact) mass is 393 g/mol. The van der Waals surface area contributed by atoms with E-state index in [1.807, 2.05) is 17.0 Å². The molecule has 3 heterocycles. The van der Waals surface area contributed by atoms with E-state index in [1.165, 1.54) is 0 Å². The van der Waals surface area contributed by atoms with Gasteiger partial charge in [-0.15, -0.1) is 0 Å². The predicted octanol–water partition coefficient (Wildman–Crippen LogP) is 3.12. The maximum absolute atomic E-state index is 12.5. The van der Waals surface area contributed by atoms with Crippen LogP contribution in [0, 0.1) is 5.92 Å². The molecule has 3 aromatic rings. The molecule has 1 saturated heterocycles. The van der Waals surface area contributed by atoms with Crippen LogP contribution in [0.15, 0.2) is 53.2 Å². The number of hydrogen-bond donors (Lipinski definition) is 1. The standard InChI is InChI=1S/C22H23N3O4/c1-28-18-4-2-3-17-13-19(29-20(17)18)21(26)24-14-15-7-11-25(12-8-15)22(27)16-5-9-23-10-6-16/h2-6,9-10,13,15H,7-8,11-12,14H2,1H3,(H,24,26). The number of piperidine rings is 1. The molecule has 0 spiro atoms. The van der Waals surface area contributed by atoms with Crippen molar-refractivity contribution in [2.24, 2.45) is 5.92 Å². The topological polar surface area (TPSA) is 84.7 Å². The molecule has 7 heteroatoms. The predicted molar refractivity (Wildman–Crippen MR) is 108 cm³/mol. The Labute approximate surface area is 168 Å². The Balaban J connectivity index is 1.30. The van der Waals surface area contributed by atoms with Crippen molar-refractivity contribution in [3.05, 3.63) is 60.1 Å². The van der Waals surface area contributed by atoms with Gasteiger partial charge in [0.1, 0.15) is 0 Å². The van der Waals surface area contributed by atoms with Crippen LogP contribution in [0.25, 0.3) is 11.0 Å². The summed E-state index contributed by atoms with van der Waals surface area (Å²) in [5.74, 6) is 1.01. The number of furan rings is 1. The average molecular weight is 393 g/mol. The molecule has 1 fully saturated rings. The van der Waals surface area contributed by atoms with E-state index in [0.717, 1.165) is 18.2 Å². The second kappa shape index (κ2) is 8.34. The molecular weight excluding hydrogens is 370 g/mol. The number of ether oxygens (including phenoxy) is 1. The molecule has 0 atom stereocenters. The minimum atomic E-state index is -0.237. The smallest absolute Gasteiger partial charge is 0.287 e. The third-order valence-electron chi connectivity index (χ3n) is 5.33. The second-order valence-corrected chi connectivity index (χ2v) is 7.17. The van der Waals surface area contributed by atoms with Gasteiger partial charge in [-0.25, -0.2) is 0 Å². The number of likely N-dealkylation sites (tertiary alicyclic amines) is 1. The number of pyridine rings is 1. The van der Waals surface area contributed by atoms with E-state index < -0.39 is 0 Å². The van der Waals surface area contributed by atoms with Gasteiger partial charge in [0.05, 0.1) is 7.11 Å². The summed E-state index contributed by atoms with van der Waals surface area (Å²) in [6, 6.07) is 10.7. The summed E-state index contributed by atoms with van der Waals surface area (Å²) in [5, 5.41) is 3.79. The molecule has 1 N–H and O–H groups in total. The summed E-state index contributed by atoms with van der Waals surface area (Å²) >= 11 is 0. The van der Waals surface area contributed by atoms with Crippen LogP contribution < -0.4 is 10.1 Å². The van der Waals surface area contributed by atoms with Gasteiger partial charge in [-0.05, 0) is 43.0 Å². The number of rotatable bonds is 5. The molecule has 150 valence electrons. The number of para-hydroxylation sites is 1. The zero-order valence-corrected chi connectivity index (χ0v) is 16.3. The normalized spacial score (nSPS) is 14.7. The first-order valence-electron chi connectivity index (χ1n) is 9.70. The Morgan fingerprint density at radius 3 is 2.69 bits per heavy atom. The van der Waals surface area contributed by atoms with Crippen molar-refractivity contribution in [2.75, 3.05) is 26.7 Å². The fraction of sp³-hybridized carbons (Fsp3) is 0.318. The lowest BCUT2D eigenvalue weighted by Gasteiger charge is -2.32.